The molecule has 0 amide bonds. The Bertz CT molecular complexity index is 586. The van der Waals surface area contributed by atoms with Gasteiger partial charge in [-0.1, -0.05) is 11.6 Å². The minimum atomic E-state index is 0.346. The first-order valence-electron chi connectivity index (χ1n) is 5.39. The third-order valence-electron chi connectivity index (χ3n) is 2.71. The van der Waals surface area contributed by atoms with Crippen LogP contribution in [0.25, 0.3) is 0 Å². The van der Waals surface area contributed by atoms with Crippen LogP contribution in [0.1, 0.15) is 18.1 Å². The van der Waals surface area contributed by atoms with Gasteiger partial charge in [-0.25, -0.2) is 4.99 Å². The first-order valence-corrected chi connectivity index (χ1v) is 5.77. The summed E-state index contributed by atoms with van der Waals surface area (Å²) in [5.74, 6) is 0.786. The normalized spacial score (nSPS) is 17.8. The van der Waals surface area contributed by atoms with E-state index in [1.807, 2.05) is 26.0 Å². The van der Waals surface area contributed by atoms with E-state index in [9.17, 15) is 0 Å². The van der Waals surface area contributed by atoms with Crippen molar-refractivity contribution in [2.24, 2.45) is 15.1 Å². The van der Waals surface area contributed by atoms with Gasteiger partial charge in [0.15, 0.2) is 5.84 Å². The highest BCUT2D eigenvalue weighted by Crippen LogP contribution is 2.29. The summed E-state index contributed by atoms with van der Waals surface area (Å²) < 4.78 is 0. The minimum Gasteiger partial charge on any atom is -0.260 e. The number of rotatable bonds is 0. The fourth-order valence-corrected chi connectivity index (χ4v) is 2.12. The van der Waals surface area contributed by atoms with Crippen molar-refractivity contribution < 1.29 is 0 Å². The second kappa shape index (κ2) is 3.67. The number of benzene rings is 1. The number of halogens is 1. The largest absolute Gasteiger partial charge is 0.260 e. The van der Waals surface area contributed by atoms with Crippen molar-refractivity contribution in [1.82, 2.24) is 5.01 Å². The number of aryl methyl sites for hydroxylation is 1. The third kappa shape index (κ3) is 1.65. The summed E-state index contributed by atoms with van der Waals surface area (Å²) >= 11 is 6.11. The van der Waals surface area contributed by atoms with Crippen LogP contribution in [-0.4, -0.2) is 28.4 Å². The Labute approximate surface area is 104 Å². The molecule has 0 saturated carbocycles. The molecule has 0 unspecified atom stereocenters. The summed E-state index contributed by atoms with van der Waals surface area (Å²) in [4.78, 5) is 8.84. The molecule has 0 saturated heterocycles. The highest BCUT2D eigenvalue weighted by molar-refractivity contribution is 6.66. The second-order valence-corrected chi connectivity index (χ2v) is 4.53. The highest BCUT2D eigenvalue weighted by Gasteiger charge is 2.27. The number of amidine groups is 2. The Balaban J connectivity index is 2.21. The van der Waals surface area contributed by atoms with Gasteiger partial charge in [-0.05, 0) is 37.6 Å². The second-order valence-electron chi connectivity index (χ2n) is 4.19. The van der Waals surface area contributed by atoms with E-state index >= 15 is 0 Å². The lowest BCUT2D eigenvalue weighted by atomic mass is 10.1. The molecule has 0 N–H and O–H groups in total. The van der Waals surface area contributed by atoms with Gasteiger partial charge in [-0.15, -0.1) is 0 Å². The van der Waals surface area contributed by atoms with Crippen molar-refractivity contribution in [2.75, 3.05) is 6.54 Å². The van der Waals surface area contributed by atoms with Crippen LogP contribution in [0.15, 0.2) is 33.3 Å². The molecule has 3 rings (SSSR count). The van der Waals surface area contributed by atoms with Gasteiger partial charge in [-0.3, -0.25) is 4.99 Å². The van der Waals surface area contributed by atoms with Gasteiger partial charge in [0.1, 0.15) is 0 Å². The lowest BCUT2D eigenvalue weighted by molar-refractivity contribution is 0.649. The fraction of sp³-hybridized carbons (Fsp3) is 0.250. The van der Waals surface area contributed by atoms with Crippen molar-refractivity contribution in [3.8, 4) is 0 Å². The van der Waals surface area contributed by atoms with Crippen molar-refractivity contribution in [3.63, 3.8) is 0 Å². The molecule has 1 aromatic rings. The van der Waals surface area contributed by atoms with Crippen molar-refractivity contribution in [1.29, 1.82) is 0 Å². The molecule has 0 bridgehead atoms. The van der Waals surface area contributed by atoms with Crippen LogP contribution in [0.5, 0.6) is 0 Å². The molecule has 2 heterocycles. The van der Waals surface area contributed by atoms with Gasteiger partial charge in [0.05, 0.1) is 17.9 Å². The molecule has 0 spiro atoms. The Kier molecular flexibility index (Phi) is 2.26. The Morgan fingerprint density at radius 3 is 2.94 bits per heavy atom. The van der Waals surface area contributed by atoms with Gasteiger partial charge in [0.25, 0.3) is 0 Å². The van der Waals surface area contributed by atoms with E-state index in [4.69, 9.17) is 11.6 Å². The molecule has 1 aromatic carbocycles. The molecule has 0 radical (unpaired) electrons. The quantitative estimate of drug-likeness (QED) is 0.649. The molecule has 0 aromatic heterocycles. The summed E-state index contributed by atoms with van der Waals surface area (Å²) in [6, 6.07) is 6.03. The lowest BCUT2D eigenvalue weighted by Crippen LogP contribution is -2.37. The predicted molar refractivity (Wildman–Crippen MR) is 70.5 cm³/mol. The first kappa shape index (κ1) is 10.5. The summed E-state index contributed by atoms with van der Waals surface area (Å²) in [7, 11) is 0. The summed E-state index contributed by atoms with van der Waals surface area (Å²) in [5.41, 5.74) is 3.94. The number of aliphatic imine (C=N–C) groups is 2. The SMILES string of the molecule is CC1=NN2C(Cl)=Nc3ccc(C)cc3C2=NC1. The molecule has 86 valence electrons. The average Bonchev–Trinajstić information content (AvgIpc) is 2.30. The van der Waals surface area contributed by atoms with Gasteiger partial charge in [-0.2, -0.15) is 10.1 Å². The molecular formula is C12H11ClN4. The van der Waals surface area contributed by atoms with Crippen molar-refractivity contribution in [3.05, 3.63) is 29.3 Å². The van der Waals surface area contributed by atoms with Crippen LogP contribution in [0.2, 0.25) is 0 Å². The van der Waals surface area contributed by atoms with E-state index in [1.165, 1.54) is 5.56 Å². The molecule has 0 aliphatic carbocycles. The third-order valence-corrected chi connectivity index (χ3v) is 2.95. The Morgan fingerprint density at radius 2 is 2.12 bits per heavy atom. The van der Waals surface area contributed by atoms with E-state index < -0.39 is 0 Å². The van der Waals surface area contributed by atoms with Crippen LogP contribution >= 0.6 is 11.6 Å². The molecule has 17 heavy (non-hydrogen) atoms. The molecule has 0 atom stereocenters. The zero-order chi connectivity index (χ0) is 12.0. The topological polar surface area (TPSA) is 40.3 Å². The van der Waals surface area contributed by atoms with E-state index in [-0.39, 0.29) is 0 Å². The predicted octanol–water partition coefficient (Wildman–Crippen LogP) is 2.67. The van der Waals surface area contributed by atoms with Crippen LogP contribution in [0.4, 0.5) is 5.69 Å². The molecule has 2 aliphatic rings. The number of hydrogen-bond donors (Lipinski definition) is 0. The molecule has 0 fully saturated rings. The monoisotopic (exact) mass is 246 g/mol. The van der Waals surface area contributed by atoms with E-state index in [2.05, 4.69) is 21.2 Å². The van der Waals surface area contributed by atoms with E-state index in [1.54, 1.807) is 5.01 Å². The Hall–Kier alpha value is -1.68. The zero-order valence-electron chi connectivity index (χ0n) is 9.61. The number of fused-ring (bicyclic) bond motifs is 3. The molecular weight excluding hydrogens is 236 g/mol. The number of hydrogen-bond acceptors (Lipinski definition) is 4. The van der Waals surface area contributed by atoms with Crippen LogP contribution in [0.3, 0.4) is 0 Å². The maximum Gasteiger partial charge on any atom is 0.226 e. The summed E-state index contributed by atoms with van der Waals surface area (Å²) in [5, 5.41) is 6.32. The maximum absolute atomic E-state index is 6.11. The Morgan fingerprint density at radius 1 is 1.29 bits per heavy atom. The van der Waals surface area contributed by atoms with Crippen LogP contribution < -0.4 is 0 Å². The molecule has 5 heteroatoms. The van der Waals surface area contributed by atoms with Gasteiger partial charge in [0.2, 0.25) is 5.29 Å². The minimum absolute atomic E-state index is 0.346. The summed E-state index contributed by atoms with van der Waals surface area (Å²) in [6.07, 6.45) is 0. The van der Waals surface area contributed by atoms with Gasteiger partial charge < -0.3 is 0 Å². The maximum atomic E-state index is 6.11. The van der Waals surface area contributed by atoms with Crippen LogP contribution in [-0.2, 0) is 0 Å². The zero-order valence-corrected chi connectivity index (χ0v) is 10.4. The highest BCUT2D eigenvalue weighted by atomic mass is 35.5. The first-order chi connectivity index (χ1) is 8.15. The van der Waals surface area contributed by atoms with Crippen molar-refractivity contribution >= 4 is 34.1 Å². The van der Waals surface area contributed by atoms with Gasteiger partial charge >= 0.3 is 0 Å². The van der Waals surface area contributed by atoms with E-state index in [0.29, 0.717) is 11.8 Å². The van der Waals surface area contributed by atoms with E-state index in [0.717, 1.165) is 22.8 Å². The number of hydrazone groups is 1. The van der Waals surface area contributed by atoms with Gasteiger partial charge in [0, 0.05) is 5.56 Å². The fourth-order valence-electron chi connectivity index (χ4n) is 1.91. The smallest absolute Gasteiger partial charge is 0.226 e. The number of nitrogens with zero attached hydrogens (tertiary/aromatic N) is 4. The van der Waals surface area contributed by atoms with Crippen molar-refractivity contribution in [2.45, 2.75) is 13.8 Å². The molecule has 4 nitrogen and oxygen atoms in total. The van der Waals surface area contributed by atoms with Crippen LogP contribution in [0, 0.1) is 6.92 Å². The summed E-state index contributed by atoms with van der Waals surface area (Å²) in [6.45, 7) is 4.59. The standard InChI is InChI=1S/C12H11ClN4/c1-7-3-4-10-9(5-7)11-14-6-8(2)16-17(11)12(13)15-10/h3-5H,6H2,1-2H3. The molecule has 2 aliphatic heterocycles. The average molecular weight is 247 g/mol. The lowest BCUT2D eigenvalue weighted by Gasteiger charge is -2.27.